The van der Waals surface area contributed by atoms with Crippen LogP contribution < -0.4 is 4.74 Å². The molecule has 1 aliphatic heterocycles. The van der Waals surface area contributed by atoms with Crippen LogP contribution in [-0.4, -0.2) is 51.1 Å². The molecule has 1 saturated heterocycles. The molecule has 0 amide bonds. The molecule has 2 aromatic carbocycles. The molecule has 0 radical (unpaired) electrons. The van der Waals surface area contributed by atoms with E-state index in [0.717, 1.165) is 16.9 Å². The minimum atomic E-state index is -1.98. The highest BCUT2D eigenvalue weighted by molar-refractivity contribution is 6.31. The molecule has 4 N–H and O–H groups in total. The fraction of sp³-hybridized carbons (Fsp3) is 0.417. The van der Waals surface area contributed by atoms with Gasteiger partial charge in [-0.15, -0.1) is 12.3 Å². The molecule has 166 valence electrons. The lowest BCUT2D eigenvalue weighted by Crippen LogP contribution is -2.69. The topological polar surface area (TPSA) is 99.4 Å². The fourth-order valence-electron chi connectivity index (χ4n) is 4.00. The van der Waals surface area contributed by atoms with Gasteiger partial charge in [0.15, 0.2) is 6.29 Å². The number of aliphatic hydroxyl groups is 4. The first-order valence-corrected chi connectivity index (χ1v) is 10.4. The van der Waals surface area contributed by atoms with Crippen molar-refractivity contribution in [1.29, 1.82) is 0 Å². The summed E-state index contributed by atoms with van der Waals surface area (Å²) in [6, 6.07) is 12.6. The number of hydrogen-bond donors (Lipinski definition) is 4. The second kappa shape index (κ2) is 9.17. The third kappa shape index (κ3) is 4.31. The molecular weight excluding hydrogens is 420 g/mol. The maximum absolute atomic E-state index is 11.2. The molecule has 1 fully saturated rings. The van der Waals surface area contributed by atoms with E-state index in [1.54, 1.807) is 18.2 Å². The molecule has 7 heteroatoms. The van der Waals surface area contributed by atoms with E-state index in [0.29, 0.717) is 23.6 Å². The second-order valence-corrected chi connectivity index (χ2v) is 8.27. The third-order valence-corrected chi connectivity index (χ3v) is 6.19. The van der Waals surface area contributed by atoms with Gasteiger partial charge < -0.3 is 29.9 Å². The van der Waals surface area contributed by atoms with E-state index >= 15 is 0 Å². The van der Waals surface area contributed by atoms with Crippen molar-refractivity contribution in [2.45, 2.75) is 56.4 Å². The average Bonchev–Trinajstić information content (AvgIpc) is 2.74. The van der Waals surface area contributed by atoms with Crippen LogP contribution in [-0.2, 0) is 16.8 Å². The second-order valence-electron chi connectivity index (χ2n) is 7.86. The van der Waals surface area contributed by atoms with Gasteiger partial charge in [0.25, 0.3) is 0 Å². The average molecular weight is 447 g/mol. The number of aliphatic hydroxyl groups excluding tert-OH is 3. The molecule has 0 aromatic heterocycles. The van der Waals surface area contributed by atoms with Crippen molar-refractivity contribution in [2.75, 3.05) is 6.61 Å². The highest BCUT2D eigenvalue weighted by atomic mass is 35.5. The standard InChI is InChI=1S/C24H27ClO6/c1-4-12-24(23(3,29)21(27)20(26)22(28)31-24)17-8-11-19(25)16(14-17)13-15-6-9-18(10-7-15)30-5-2/h1,6-11,14,20-22,26-29H,5,12-13H2,2-3H3. The fourth-order valence-corrected chi connectivity index (χ4v) is 4.19. The lowest BCUT2D eigenvalue weighted by Gasteiger charge is -2.53. The Labute approximate surface area is 187 Å². The highest BCUT2D eigenvalue weighted by Crippen LogP contribution is 2.47. The summed E-state index contributed by atoms with van der Waals surface area (Å²) in [5.74, 6) is 3.23. The smallest absolute Gasteiger partial charge is 0.184 e. The maximum Gasteiger partial charge on any atom is 0.184 e. The van der Waals surface area contributed by atoms with Gasteiger partial charge in [-0.25, -0.2) is 0 Å². The molecule has 1 heterocycles. The number of ether oxygens (including phenoxy) is 2. The molecule has 5 unspecified atom stereocenters. The zero-order chi connectivity index (χ0) is 22.8. The van der Waals surface area contributed by atoms with Gasteiger partial charge >= 0.3 is 0 Å². The van der Waals surface area contributed by atoms with Crippen molar-refractivity contribution < 1.29 is 29.9 Å². The predicted octanol–water partition coefficient (Wildman–Crippen LogP) is 2.37. The van der Waals surface area contributed by atoms with Crippen molar-refractivity contribution in [3.8, 4) is 18.1 Å². The lowest BCUT2D eigenvalue weighted by atomic mass is 9.69. The molecule has 1 aliphatic rings. The maximum atomic E-state index is 11.2. The van der Waals surface area contributed by atoms with Gasteiger partial charge in [-0.05, 0) is 55.2 Å². The Bertz CT molecular complexity index is 952. The molecule has 3 rings (SSSR count). The van der Waals surface area contributed by atoms with E-state index < -0.39 is 29.7 Å². The van der Waals surface area contributed by atoms with Crippen LogP contribution in [0.1, 0.15) is 37.0 Å². The molecule has 0 bridgehead atoms. The minimum absolute atomic E-state index is 0.148. The molecule has 6 nitrogen and oxygen atoms in total. The van der Waals surface area contributed by atoms with E-state index in [1.807, 2.05) is 31.2 Å². The van der Waals surface area contributed by atoms with Crippen LogP contribution in [0.2, 0.25) is 5.02 Å². The molecule has 31 heavy (non-hydrogen) atoms. The largest absolute Gasteiger partial charge is 0.494 e. The van der Waals surface area contributed by atoms with Gasteiger partial charge in [-0.3, -0.25) is 0 Å². The molecule has 5 atom stereocenters. The molecule has 0 saturated carbocycles. The predicted molar refractivity (Wildman–Crippen MR) is 117 cm³/mol. The van der Waals surface area contributed by atoms with E-state index in [4.69, 9.17) is 27.5 Å². The Morgan fingerprint density at radius 1 is 1.16 bits per heavy atom. The number of hydrogen-bond acceptors (Lipinski definition) is 6. The van der Waals surface area contributed by atoms with Gasteiger partial charge in [0, 0.05) is 11.4 Å². The Hall–Kier alpha value is -2.11. The van der Waals surface area contributed by atoms with Gasteiger partial charge in [0.1, 0.15) is 29.2 Å². The Morgan fingerprint density at radius 3 is 2.45 bits per heavy atom. The van der Waals surface area contributed by atoms with Crippen LogP contribution in [0.4, 0.5) is 0 Å². The van der Waals surface area contributed by atoms with E-state index in [9.17, 15) is 20.4 Å². The van der Waals surface area contributed by atoms with E-state index in [2.05, 4.69) is 5.92 Å². The SMILES string of the molecule is C#CCC1(c2ccc(Cl)c(Cc3ccc(OCC)cc3)c2)OC(O)C(O)C(O)C1(C)O. The lowest BCUT2D eigenvalue weighted by molar-refractivity contribution is -0.356. The van der Waals surface area contributed by atoms with Crippen LogP contribution in [0.25, 0.3) is 0 Å². The summed E-state index contributed by atoms with van der Waals surface area (Å²) in [4.78, 5) is 0. The van der Waals surface area contributed by atoms with Gasteiger partial charge in [-0.2, -0.15) is 0 Å². The third-order valence-electron chi connectivity index (χ3n) is 5.82. The van der Waals surface area contributed by atoms with Crippen molar-refractivity contribution in [3.05, 3.63) is 64.2 Å². The van der Waals surface area contributed by atoms with Crippen molar-refractivity contribution in [1.82, 2.24) is 0 Å². The summed E-state index contributed by atoms with van der Waals surface area (Å²) in [5.41, 5.74) is -1.47. The first-order valence-electron chi connectivity index (χ1n) is 10.0. The highest BCUT2D eigenvalue weighted by Gasteiger charge is 2.61. The van der Waals surface area contributed by atoms with Crippen molar-refractivity contribution in [3.63, 3.8) is 0 Å². The summed E-state index contributed by atoms with van der Waals surface area (Å²) >= 11 is 6.43. The van der Waals surface area contributed by atoms with Crippen molar-refractivity contribution in [2.24, 2.45) is 0 Å². The molecule has 0 aliphatic carbocycles. The Morgan fingerprint density at radius 2 is 1.84 bits per heavy atom. The Balaban J connectivity index is 2.02. The zero-order valence-corrected chi connectivity index (χ0v) is 18.2. The molecule has 2 aromatic rings. The van der Waals surface area contributed by atoms with Crippen LogP contribution in [0, 0.1) is 12.3 Å². The van der Waals surface area contributed by atoms with Gasteiger partial charge in [-0.1, -0.05) is 35.9 Å². The minimum Gasteiger partial charge on any atom is -0.494 e. The summed E-state index contributed by atoms with van der Waals surface area (Å²) in [6.45, 7) is 3.82. The van der Waals surface area contributed by atoms with Crippen molar-refractivity contribution >= 4 is 11.6 Å². The number of halogens is 1. The van der Waals surface area contributed by atoms with Gasteiger partial charge in [0.05, 0.1) is 6.61 Å². The normalized spacial score (nSPS) is 30.6. The van der Waals surface area contributed by atoms with E-state index in [1.165, 1.54) is 6.92 Å². The van der Waals surface area contributed by atoms with Crippen LogP contribution in [0.3, 0.4) is 0 Å². The zero-order valence-electron chi connectivity index (χ0n) is 17.5. The Kier molecular flexibility index (Phi) is 6.97. The number of benzene rings is 2. The number of terminal acetylenes is 1. The van der Waals surface area contributed by atoms with Crippen LogP contribution in [0.15, 0.2) is 42.5 Å². The summed E-state index contributed by atoms with van der Waals surface area (Å²) < 4.78 is 11.1. The van der Waals surface area contributed by atoms with Crippen LogP contribution >= 0.6 is 11.6 Å². The first kappa shape index (κ1) is 23.6. The van der Waals surface area contributed by atoms with E-state index in [-0.39, 0.29) is 6.42 Å². The monoisotopic (exact) mass is 446 g/mol. The summed E-state index contributed by atoms with van der Waals surface area (Å²) in [5, 5.41) is 42.4. The van der Waals surface area contributed by atoms with Crippen LogP contribution in [0.5, 0.6) is 5.75 Å². The number of rotatable bonds is 6. The first-order chi connectivity index (χ1) is 14.7. The summed E-state index contributed by atoms with van der Waals surface area (Å²) in [7, 11) is 0. The molecule has 0 spiro atoms. The van der Waals surface area contributed by atoms with Gasteiger partial charge in [0.2, 0.25) is 0 Å². The quantitative estimate of drug-likeness (QED) is 0.508. The molecular formula is C24H27ClO6. The summed E-state index contributed by atoms with van der Waals surface area (Å²) in [6.07, 6.45) is 0.796.